The van der Waals surface area contributed by atoms with Gasteiger partial charge in [0.2, 0.25) is 0 Å². The van der Waals surface area contributed by atoms with E-state index in [2.05, 4.69) is 27.7 Å². The number of aromatic nitrogens is 4. The highest BCUT2D eigenvalue weighted by Crippen LogP contribution is 2.34. The number of methoxy groups -OCH3 is 1. The number of nitrogens with zero attached hydrogens (tertiary/aromatic N) is 7. The Hall–Kier alpha value is -3.58. The Bertz CT molecular complexity index is 1310. The van der Waals surface area contributed by atoms with E-state index in [4.69, 9.17) is 14.6 Å². The van der Waals surface area contributed by atoms with Crippen LogP contribution in [0.25, 0.3) is 16.6 Å². The molecule has 5 heterocycles. The molecule has 3 aromatic rings. The third kappa shape index (κ3) is 4.21. The lowest BCUT2D eigenvalue weighted by Gasteiger charge is -2.43. The number of hydrogen-bond donors (Lipinski definition) is 0. The lowest BCUT2D eigenvalue weighted by atomic mass is 10.0. The summed E-state index contributed by atoms with van der Waals surface area (Å²) in [5.74, 6) is 0.606. The highest BCUT2D eigenvalue weighted by molar-refractivity contribution is 5.76. The van der Waals surface area contributed by atoms with Gasteiger partial charge >= 0.3 is 6.09 Å². The van der Waals surface area contributed by atoms with Crippen LogP contribution in [0.3, 0.4) is 0 Å². The average Bonchev–Trinajstić information content (AvgIpc) is 3.50. The molecule has 1 atom stereocenters. The van der Waals surface area contributed by atoms with E-state index in [0.717, 1.165) is 42.9 Å². The van der Waals surface area contributed by atoms with Crippen LogP contribution in [0.5, 0.6) is 5.75 Å². The molecule has 0 aromatic carbocycles. The molecule has 10 nitrogen and oxygen atoms in total. The maximum atomic E-state index is 12.4. The normalized spacial score (nSPS) is 19.1. The Morgan fingerprint density at radius 3 is 2.63 bits per heavy atom. The quantitative estimate of drug-likeness (QED) is 0.568. The minimum atomic E-state index is -0.476. The van der Waals surface area contributed by atoms with E-state index in [9.17, 15) is 10.1 Å². The first-order valence-corrected chi connectivity index (χ1v) is 11.9. The lowest BCUT2D eigenvalue weighted by molar-refractivity contribution is 0.0232. The maximum Gasteiger partial charge on any atom is 0.410 e. The standard InChI is InChI=1S/C25H31N7O3/c1-16-21(17-8-22(34-5)23-18(9-26)10-27-31(23)12-17)11-28-32(16)20-14-30(15-20)19-6-7-29(13-19)24(33)35-25(2,3)4/h8,10-12,19-20H,6-7,13-15H2,1-5H3/t19-/m1/s1. The molecule has 0 unspecified atom stereocenters. The molecule has 0 saturated carbocycles. The number of hydrogen-bond acceptors (Lipinski definition) is 7. The summed E-state index contributed by atoms with van der Waals surface area (Å²) < 4.78 is 14.9. The summed E-state index contributed by atoms with van der Waals surface area (Å²) in [6.45, 7) is 11.0. The van der Waals surface area contributed by atoms with Gasteiger partial charge in [-0.3, -0.25) is 9.58 Å². The molecule has 2 fully saturated rings. The molecule has 0 aliphatic carbocycles. The number of pyridine rings is 1. The van der Waals surface area contributed by atoms with Gasteiger partial charge in [0, 0.05) is 55.2 Å². The first kappa shape index (κ1) is 23.2. The summed E-state index contributed by atoms with van der Waals surface area (Å²) in [4.78, 5) is 16.6. The van der Waals surface area contributed by atoms with Gasteiger partial charge in [-0.15, -0.1) is 0 Å². The van der Waals surface area contributed by atoms with Gasteiger partial charge in [0.1, 0.15) is 28.5 Å². The molecule has 0 radical (unpaired) electrons. The molecule has 0 spiro atoms. The zero-order valence-electron chi connectivity index (χ0n) is 20.9. The van der Waals surface area contributed by atoms with Crippen molar-refractivity contribution in [3.05, 3.63) is 35.9 Å². The fourth-order valence-corrected chi connectivity index (χ4v) is 5.02. The van der Waals surface area contributed by atoms with Crippen LogP contribution in [-0.2, 0) is 4.74 Å². The molecule has 5 rings (SSSR count). The van der Waals surface area contributed by atoms with Gasteiger partial charge in [-0.2, -0.15) is 15.5 Å². The summed E-state index contributed by atoms with van der Waals surface area (Å²) in [6.07, 6.45) is 6.07. The van der Waals surface area contributed by atoms with Crippen LogP contribution in [-0.4, -0.2) is 80.2 Å². The van der Waals surface area contributed by atoms with E-state index in [1.165, 1.54) is 0 Å². The van der Waals surface area contributed by atoms with Crippen molar-refractivity contribution in [1.82, 2.24) is 29.2 Å². The van der Waals surface area contributed by atoms with Crippen LogP contribution in [0.1, 0.15) is 44.5 Å². The van der Waals surface area contributed by atoms with Crippen LogP contribution < -0.4 is 4.74 Å². The number of likely N-dealkylation sites (tertiary alicyclic amines) is 2. The van der Waals surface area contributed by atoms with Gasteiger partial charge in [0.25, 0.3) is 0 Å². The number of ether oxygens (including phenoxy) is 2. The van der Waals surface area contributed by atoms with Gasteiger partial charge in [-0.1, -0.05) is 0 Å². The SMILES string of the molecule is COc1cc(-c2cnn(C3CN([C@@H]4CCN(C(=O)OC(C)(C)C)C4)C3)c2C)cn2ncc(C#N)c12. The van der Waals surface area contributed by atoms with Gasteiger partial charge in [-0.25, -0.2) is 9.31 Å². The smallest absolute Gasteiger partial charge is 0.410 e. The lowest BCUT2D eigenvalue weighted by Crippen LogP contribution is -2.54. The van der Waals surface area contributed by atoms with Crippen LogP contribution in [0.15, 0.2) is 24.7 Å². The van der Waals surface area contributed by atoms with Crippen molar-refractivity contribution in [3.8, 4) is 22.9 Å². The summed E-state index contributed by atoms with van der Waals surface area (Å²) in [5.41, 5.74) is 3.69. The molecule has 3 aromatic heterocycles. The number of amides is 1. The Kier molecular flexibility index (Phi) is 5.68. The minimum absolute atomic E-state index is 0.226. The molecule has 2 aliphatic heterocycles. The first-order valence-electron chi connectivity index (χ1n) is 11.9. The van der Waals surface area contributed by atoms with Crippen LogP contribution in [0.4, 0.5) is 4.79 Å². The molecule has 35 heavy (non-hydrogen) atoms. The molecule has 2 saturated heterocycles. The van der Waals surface area contributed by atoms with Crippen LogP contribution >= 0.6 is 0 Å². The molecule has 184 valence electrons. The summed E-state index contributed by atoms with van der Waals surface area (Å²) >= 11 is 0. The molecule has 2 aliphatic rings. The Morgan fingerprint density at radius 2 is 1.94 bits per heavy atom. The van der Waals surface area contributed by atoms with Crippen LogP contribution in [0, 0.1) is 18.3 Å². The number of fused-ring (bicyclic) bond motifs is 1. The maximum absolute atomic E-state index is 12.4. The topological polar surface area (TPSA) is 101 Å². The second kappa shape index (κ2) is 8.57. The van der Waals surface area contributed by atoms with Crippen molar-refractivity contribution < 1.29 is 14.3 Å². The molecule has 1 amide bonds. The highest BCUT2D eigenvalue weighted by atomic mass is 16.6. The predicted molar refractivity (Wildman–Crippen MR) is 129 cm³/mol. The largest absolute Gasteiger partial charge is 0.494 e. The highest BCUT2D eigenvalue weighted by Gasteiger charge is 2.39. The molecular formula is C25H31N7O3. The third-order valence-corrected chi connectivity index (χ3v) is 6.84. The monoisotopic (exact) mass is 477 g/mol. The predicted octanol–water partition coefficient (Wildman–Crippen LogP) is 3.25. The van der Waals surface area contributed by atoms with Gasteiger partial charge in [0.15, 0.2) is 0 Å². The third-order valence-electron chi connectivity index (χ3n) is 6.84. The Morgan fingerprint density at radius 1 is 1.17 bits per heavy atom. The fraction of sp³-hybridized carbons (Fsp3) is 0.520. The Balaban J connectivity index is 1.27. The Labute approximate surface area is 204 Å². The van der Waals surface area contributed by atoms with Crippen molar-refractivity contribution in [1.29, 1.82) is 5.26 Å². The van der Waals surface area contributed by atoms with Gasteiger partial charge in [0.05, 0.1) is 25.5 Å². The summed E-state index contributed by atoms with van der Waals surface area (Å²) in [6, 6.07) is 4.74. The van der Waals surface area contributed by atoms with Gasteiger partial charge < -0.3 is 14.4 Å². The van der Waals surface area contributed by atoms with Crippen molar-refractivity contribution in [2.75, 3.05) is 33.3 Å². The zero-order valence-corrected chi connectivity index (χ0v) is 20.9. The van der Waals surface area contributed by atoms with E-state index in [1.54, 1.807) is 17.8 Å². The van der Waals surface area contributed by atoms with Gasteiger partial charge in [-0.05, 0) is 40.2 Å². The van der Waals surface area contributed by atoms with Crippen molar-refractivity contribution in [3.63, 3.8) is 0 Å². The number of carbonyl (C=O) groups excluding carboxylic acids is 1. The fourth-order valence-electron chi connectivity index (χ4n) is 5.02. The minimum Gasteiger partial charge on any atom is -0.494 e. The van der Waals surface area contributed by atoms with E-state index < -0.39 is 5.60 Å². The van der Waals surface area contributed by atoms with E-state index in [1.807, 2.05) is 44.1 Å². The second-order valence-electron chi connectivity index (χ2n) is 10.3. The van der Waals surface area contributed by atoms with Crippen molar-refractivity contribution in [2.45, 2.75) is 51.8 Å². The number of carbonyl (C=O) groups is 1. The van der Waals surface area contributed by atoms with E-state index >= 15 is 0 Å². The molecule has 0 bridgehead atoms. The van der Waals surface area contributed by atoms with Crippen LogP contribution in [0.2, 0.25) is 0 Å². The molecule has 10 heteroatoms. The zero-order chi connectivity index (χ0) is 24.9. The summed E-state index contributed by atoms with van der Waals surface area (Å²) in [7, 11) is 1.60. The number of rotatable bonds is 4. The molecular weight excluding hydrogens is 446 g/mol. The average molecular weight is 478 g/mol. The molecule has 0 N–H and O–H groups in total. The van der Waals surface area contributed by atoms with E-state index in [0.29, 0.717) is 35.5 Å². The van der Waals surface area contributed by atoms with Crippen molar-refractivity contribution in [2.24, 2.45) is 0 Å². The second-order valence-corrected chi connectivity index (χ2v) is 10.3. The number of nitriles is 1. The van der Waals surface area contributed by atoms with E-state index in [-0.39, 0.29) is 6.09 Å². The first-order chi connectivity index (χ1) is 16.7. The van der Waals surface area contributed by atoms with Crippen molar-refractivity contribution >= 4 is 11.6 Å². The summed E-state index contributed by atoms with van der Waals surface area (Å²) in [5, 5.41) is 18.4.